The normalized spacial score (nSPS) is 12.8. The van der Waals surface area contributed by atoms with E-state index in [4.69, 9.17) is 18.0 Å². The highest BCUT2D eigenvalue weighted by Crippen LogP contribution is 2.10. The van der Waals surface area contributed by atoms with Crippen LogP contribution in [0.4, 0.5) is 0 Å². The monoisotopic (exact) mass is 334 g/mol. The summed E-state index contributed by atoms with van der Waals surface area (Å²) >= 11 is 7.27. The molecule has 2 N–H and O–H groups in total. The Morgan fingerprint density at radius 2 is 2.00 bits per heavy atom. The largest absolute Gasteiger partial charge is 0.392 e. The maximum atomic E-state index is 5.60. The van der Waals surface area contributed by atoms with Crippen LogP contribution < -0.4 is 5.73 Å². The van der Waals surface area contributed by atoms with Gasteiger partial charge in [-0.3, -0.25) is 4.90 Å². The van der Waals surface area contributed by atoms with Crippen LogP contribution in [0.25, 0.3) is 0 Å². The van der Waals surface area contributed by atoms with E-state index in [0.29, 0.717) is 4.99 Å². The van der Waals surface area contributed by atoms with Gasteiger partial charge in [0.15, 0.2) is 0 Å². The summed E-state index contributed by atoms with van der Waals surface area (Å²) < 4.78 is 1.25. The third-order valence-electron chi connectivity index (χ3n) is 2.42. The van der Waals surface area contributed by atoms with E-state index in [0.717, 1.165) is 6.54 Å². The van der Waals surface area contributed by atoms with E-state index in [-0.39, 0.29) is 6.04 Å². The highest BCUT2D eigenvalue weighted by atomic mass is 127. The summed E-state index contributed by atoms with van der Waals surface area (Å²) in [4.78, 5) is 2.69. The van der Waals surface area contributed by atoms with Crippen molar-refractivity contribution in [3.63, 3.8) is 0 Å². The number of likely N-dealkylation sites (N-methyl/N-ethyl adjacent to an activating group) is 1. The molecule has 82 valence electrons. The Morgan fingerprint density at radius 1 is 1.47 bits per heavy atom. The van der Waals surface area contributed by atoms with Crippen molar-refractivity contribution in [2.24, 2.45) is 5.73 Å². The van der Waals surface area contributed by atoms with Gasteiger partial charge in [0, 0.05) is 10.1 Å². The molecule has 0 radical (unpaired) electrons. The van der Waals surface area contributed by atoms with Crippen molar-refractivity contribution < 1.29 is 0 Å². The molecule has 0 amide bonds. The molecule has 1 unspecified atom stereocenters. The third kappa shape index (κ3) is 4.04. The molecule has 0 aliphatic heterocycles. The molecule has 0 spiro atoms. The number of nitrogens with two attached hydrogens (primary N) is 1. The van der Waals surface area contributed by atoms with Crippen molar-refractivity contribution in [2.45, 2.75) is 19.5 Å². The van der Waals surface area contributed by atoms with Gasteiger partial charge < -0.3 is 5.73 Å². The van der Waals surface area contributed by atoms with Crippen molar-refractivity contribution in [1.82, 2.24) is 4.90 Å². The Kier molecular flexibility index (Phi) is 4.95. The molecule has 0 aliphatic rings. The van der Waals surface area contributed by atoms with Gasteiger partial charge in [-0.05, 0) is 54.3 Å². The number of rotatable bonds is 4. The third-order valence-corrected chi connectivity index (χ3v) is 3.48. The van der Waals surface area contributed by atoms with Crippen molar-refractivity contribution in [3.05, 3.63) is 33.4 Å². The van der Waals surface area contributed by atoms with E-state index < -0.39 is 0 Å². The molecule has 0 fully saturated rings. The van der Waals surface area contributed by atoms with Crippen LogP contribution in [-0.4, -0.2) is 23.0 Å². The van der Waals surface area contributed by atoms with Crippen molar-refractivity contribution >= 4 is 39.8 Å². The first kappa shape index (κ1) is 12.9. The van der Waals surface area contributed by atoms with Gasteiger partial charge in [0.25, 0.3) is 0 Å². The van der Waals surface area contributed by atoms with E-state index in [2.05, 4.69) is 51.8 Å². The summed E-state index contributed by atoms with van der Waals surface area (Å²) in [6, 6.07) is 8.61. The van der Waals surface area contributed by atoms with Gasteiger partial charge in [-0.15, -0.1) is 0 Å². The fourth-order valence-corrected chi connectivity index (χ4v) is 1.77. The standard InChI is InChI=1S/C11H15IN2S/c1-8(11(13)15)14(2)7-9-3-5-10(12)6-4-9/h3-6,8H,7H2,1-2H3,(H2,13,15). The number of halogens is 1. The first-order chi connectivity index (χ1) is 7.00. The van der Waals surface area contributed by atoms with Crippen LogP contribution in [0.1, 0.15) is 12.5 Å². The summed E-state index contributed by atoms with van der Waals surface area (Å²) in [7, 11) is 2.03. The smallest absolute Gasteiger partial charge is 0.0899 e. The minimum absolute atomic E-state index is 0.138. The predicted molar refractivity (Wildman–Crippen MR) is 76.9 cm³/mol. The molecule has 0 saturated heterocycles. The van der Waals surface area contributed by atoms with Crippen molar-refractivity contribution in [3.8, 4) is 0 Å². The fraction of sp³-hybridized carbons (Fsp3) is 0.364. The lowest BCUT2D eigenvalue weighted by atomic mass is 10.2. The molecule has 0 saturated carbocycles. The molecule has 1 atom stereocenters. The van der Waals surface area contributed by atoms with Gasteiger partial charge in [0.1, 0.15) is 0 Å². The Bertz CT molecular complexity index is 337. The van der Waals surface area contributed by atoms with E-state index in [1.54, 1.807) is 0 Å². The van der Waals surface area contributed by atoms with Crippen LogP contribution >= 0.6 is 34.8 Å². The SMILES string of the molecule is CC(C(N)=S)N(C)Cc1ccc(I)cc1. The Labute approximate surface area is 110 Å². The molecule has 0 bridgehead atoms. The lowest BCUT2D eigenvalue weighted by molar-refractivity contribution is 0.304. The molecule has 0 heterocycles. The Morgan fingerprint density at radius 3 is 2.47 bits per heavy atom. The first-order valence-electron chi connectivity index (χ1n) is 4.74. The zero-order valence-electron chi connectivity index (χ0n) is 8.90. The zero-order valence-corrected chi connectivity index (χ0v) is 11.9. The minimum atomic E-state index is 0.138. The van der Waals surface area contributed by atoms with Gasteiger partial charge in [0.05, 0.1) is 11.0 Å². The molecule has 1 aromatic carbocycles. The van der Waals surface area contributed by atoms with E-state index in [9.17, 15) is 0 Å². The first-order valence-corrected chi connectivity index (χ1v) is 6.23. The van der Waals surface area contributed by atoms with Crippen molar-refractivity contribution in [1.29, 1.82) is 0 Å². The number of nitrogens with zero attached hydrogens (tertiary/aromatic N) is 1. The lowest BCUT2D eigenvalue weighted by Crippen LogP contribution is -2.38. The average molecular weight is 334 g/mol. The summed E-state index contributed by atoms with van der Waals surface area (Å²) in [5.41, 5.74) is 6.88. The topological polar surface area (TPSA) is 29.3 Å². The second kappa shape index (κ2) is 5.77. The van der Waals surface area contributed by atoms with E-state index >= 15 is 0 Å². The second-order valence-corrected chi connectivity index (χ2v) is 5.34. The summed E-state index contributed by atoms with van der Waals surface area (Å²) in [5.74, 6) is 0. The summed E-state index contributed by atoms with van der Waals surface area (Å²) in [6.45, 7) is 2.89. The van der Waals surface area contributed by atoms with Crippen LogP contribution in [0.2, 0.25) is 0 Å². The van der Waals surface area contributed by atoms with Gasteiger partial charge in [-0.1, -0.05) is 24.4 Å². The number of hydrogen-bond donors (Lipinski definition) is 1. The number of hydrogen-bond acceptors (Lipinski definition) is 2. The maximum absolute atomic E-state index is 5.60. The molecule has 1 rings (SSSR count). The molecular weight excluding hydrogens is 319 g/mol. The maximum Gasteiger partial charge on any atom is 0.0899 e. The number of thiocarbonyl (C=S) groups is 1. The van der Waals surface area contributed by atoms with Crippen LogP contribution in [0.15, 0.2) is 24.3 Å². The zero-order chi connectivity index (χ0) is 11.4. The van der Waals surface area contributed by atoms with Crippen molar-refractivity contribution in [2.75, 3.05) is 7.05 Å². The second-order valence-electron chi connectivity index (χ2n) is 3.62. The van der Waals surface area contributed by atoms with Gasteiger partial charge in [-0.25, -0.2) is 0 Å². The van der Waals surface area contributed by atoms with Gasteiger partial charge in [-0.2, -0.15) is 0 Å². The lowest BCUT2D eigenvalue weighted by Gasteiger charge is -2.23. The van der Waals surface area contributed by atoms with Crippen LogP contribution in [0.5, 0.6) is 0 Å². The number of benzene rings is 1. The highest BCUT2D eigenvalue weighted by Gasteiger charge is 2.11. The summed E-state index contributed by atoms with van der Waals surface area (Å²) in [5, 5.41) is 0. The highest BCUT2D eigenvalue weighted by molar-refractivity contribution is 14.1. The Balaban J connectivity index is 2.62. The quantitative estimate of drug-likeness (QED) is 0.677. The van der Waals surface area contributed by atoms with E-state index in [1.807, 2.05) is 14.0 Å². The molecule has 1 aromatic rings. The Hall–Kier alpha value is -0.200. The molecule has 15 heavy (non-hydrogen) atoms. The van der Waals surface area contributed by atoms with Gasteiger partial charge in [0.2, 0.25) is 0 Å². The minimum Gasteiger partial charge on any atom is -0.392 e. The molecule has 0 aromatic heterocycles. The molecule has 2 nitrogen and oxygen atoms in total. The van der Waals surface area contributed by atoms with E-state index in [1.165, 1.54) is 9.13 Å². The van der Waals surface area contributed by atoms with Gasteiger partial charge >= 0.3 is 0 Å². The predicted octanol–water partition coefficient (Wildman–Crippen LogP) is 2.40. The molecule has 4 heteroatoms. The summed E-state index contributed by atoms with van der Waals surface area (Å²) in [6.07, 6.45) is 0. The van der Waals surface area contributed by atoms with Crippen LogP contribution in [0, 0.1) is 3.57 Å². The molecule has 0 aliphatic carbocycles. The molecular formula is C11H15IN2S. The fourth-order valence-electron chi connectivity index (χ4n) is 1.23. The average Bonchev–Trinajstić information content (AvgIpc) is 2.20. The van der Waals surface area contributed by atoms with Crippen LogP contribution in [-0.2, 0) is 6.54 Å². The van der Waals surface area contributed by atoms with Crippen LogP contribution in [0.3, 0.4) is 0 Å².